The monoisotopic (exact) mass is 208 g/mol. The summed E-state index contributed by atoms with van der Waals surface area (Å²) < 4.78 is 0. The van der Waals surface area contributed by atoms with Crippen molar-refractivity contribution in [1.29, 1.82) is 0 Å². The number of anilines is 1. The Kier molecular flexibility index (Phi) is 3.24. The van der Waals surface area contributed by atoms with Crippen LogP contribution in [-0.2, 0) is 6.42 Å². The molecule has 0 saturated carbocycles. The van der Waals surface area contributed by atoms with E-state index in [0.717, 1.165) is 0 Å². The molecule has 0 fully saturated rings. The lowest BCUT2D eigenvalue weighted by molar-refractivity contribution is 0.0999. The van der Waals surface area contributed by atoms with Crippen LogP contribution >= 0.6 is 0 Å². The van der Waals surface area contributed by atoms with Gasteiger partial charge in [-0.3, -0.25) is 4.79 Å². The Balaban J connectivity index is 3.42. The van der Waals surface area contributed by atoms with Gasteiger partial charge >= 0.3 is 0 Å². The van der Waals surface area contributed by atoms with Crippen molar-refractivity contribution in [3.8, 4) is 0 Å². The van der Waals surface area contributed by atoms with Crippen LogP contribution in [0.5, 0.6) is 0 Å². The fourth-order valence-electron chi connectivity index (χ4n) is 1.37. The molecule has 5 nitrogen and oxygen atoms in total. The first-order valence-corrected chi connectivity index (χ1v) is 4.93. The molecule has 0 aliphatic heterocycles. The molecule has 0 aliphatic carbocycles. The van der Waals surface area contributed by atoms with Crippen LogP contribution in [-0.4, -0.2) is 15.9 Å². The molecule has 5 heteroatoms. The fourth-order valence-corrected chi connectivity index (χ4v) is 1.37. The summed E-state index contributed by atoms with van der Waals surface area (Å²) in [5.74, 6) is 0.348. The Morgan fingerprint density at radius 1 is 1.40 bits per heavy atom. The molecule has 0 atom stereocenters. The van der Waals surface area contributed by atoms with Gasteiger partial charge in [0.05, 0.1) is 5.69 Å². The molecule has 0 aromatic carbocycles. The van der Waals surface area contributed by atoms with Gasteiger partial charge in [0.25, 0.3) is 5.91 Å². The van der Waals surface area contributed by atoms with Gasteiger partial charge < -0.3 is 11.5 Å². The van der Waals surface area contributed by atoms with Gasteiger partial charge in [0.1, 0.15) is 17.2 Å². The molecule has 15 heavy (non-hydrogen) atoms. The average molecular weight is 208 g/mol. The molecule has 1 rings (SSSR count). The Morgan fingerprint density at radius 3 is 2.40 bits per heavy atom. The maximum atomic E-state index is 11.2. The molecular formula is C10H16N4O. The number of amides is 1. The molecule has 1 aromatic heterocycles. The van der Waals surface area contributed by atoms with Crippen LogP contribution in [0.1, 0.15) is 48.6 Å². The highest BCUT2D eigenvalue weighted by Crippen LogP contribution is 2.21. The second-order valence-electron chi connectivity index (χ2n) is 3.66. The zero-order chi connectivity index (χ0) is 11.6. The van der Waals surface area contributed by atoms with Crippen LogP contribution in [0.15, 0.2) is 0 Å². The zero-order valence-electron chi connectivity index (χ0n) is 9.24. The fraction of sp³-hybridized carbons (Fsp3) is 0.500. The quantitative estimate of drug-likeness (QED) is 0.769. The summed E-state index contributed by atoms with van der Waals surface area (Å²) in [6, 6.07) is 0. The normalized spacial score (nSPS) is 10.7. The third kappa shape index (κ3) is 2.23. The number of carbonyl (C=O) groups excluding carboxylic acids is 1. The Labute approximate surface area is 88.9 Å². The summed E-state index contributed by atoms with van der Waals surface area (Å²) in [6.45, 7) is 5.81. The molecule has 0 saturated heterocycles. The highest BCUT2D eigenvalue weighted by atomic mass is 16.1. The first kappa shape index (κ1) is 11.4. The molecule has 1 amide bonds. The first-order valence-electron chi connectivity index (χ1n) is 4.93. The molecule has 0 aliphatic rings. The van der Waals surface area contributed by atoms with Crippen molar-refractivity contribution in [3.63, 3.8) is 0 Å². The second-order valence-corrected chi connectivity index (χ2v) is 3.66. The second kappa shape index (κ2) is 4.25. The number of aryl methyl sites for hydroxylation is 1. The number of hydrogen-bond donors (Lipinski definition) is 2. The van der Waals surface area contributed by atoms with Crippen LogP contribution in [0.3, 0.4) is 0 Å². The number of carbonyl (C=O) groups is 1. The van der Waals surface area contributed by atoms with Gasteiger partial charge in [-0.15, -0.1) is 0 Å². The molecule has 1 heterocycles. The topological polar surface area (TPSA) is 94.9 Å². The third-order valence-corrected chi connectivity index (χ3v) is 2.12. The van der Waals surface area contributed by atoms with Crippen LogP contribution < -0.4 is 11.5 Å². The maximum absolute atomic E-state index is 11.2. The van der Waals surface area contributed by atoms with E-state index in [1.165, 1.54) is 0 Å². The predicted octanol–water partition coefficient (Wildman–Crippen LogP) is 0.843. The van der Waals surface area contributed by atoms with E-state index in [0.29, 0.717) is 17.9 Å². The van der Waals surface area contributed by atoms with Gasteiger partial charge in [-0.2, -0.15) is 0 Å². The minimum absolute atomic E-state index is 0.100. The van der Waals surface area contributed by atoms with E-state index in [1.54, 1.807) is 0 Å². The first-order chi connectivity index (χ1) is 6.97. The summed E-state index contributed by atoms with van der Waals surface area (Å²) in [4.78, 5) is 19.5. The van der Waals surface area contributed by atoms with Crippen molar-refractivity contribution in [1.82, 2.24) is 9.97 Å². The van der Waals surface area contributed by atoms with E-state index < -0.39 is 5.91 Å². The van der Waals surface area contributed by atoms with E-state index >= 15 is 0 Å². The van der Waals surface area contributed by atoms with Gasteiger partial charge in [-0.25, -0.2) is 9.97 Å². The Bertz CT molecular complexity index is 387. The van der Waals surface area contributed by atoms with Gasteiger partial charge in [0, 0.05) is 6.42 Å². The molecule has 0 spiro atoms. The van der Waals surface area contributed by atoms with E-state index in [2.05, 4.69) is 9.97 Å². The third-order valence-electron chi connectivity index (χ3n) is 2.12. The zero-order valence-corrected chi connectivity index (χ0v) is 9.24. The van der Waals surface area contributed by atoms with Crippen molar-refractivity contribution >= 4 is 11.7 Å². The Morgan fingerprint density at radius 2 is 2.00 bits per heavy atom. The summed E-state index contributed by atoms with van der Waals surface area (Å²) in [6.07, 6.45) is 0.683. The number of hydrogen-bond acceptors (Lipinski definition) is 4. The SMILES string of the molecule is CCc1nc(N)c(C(N)=O)c(C(C)C)n1. The summed E-state index contributed by atoms with van der Waals surface area (Å²) in [5, 5.41) is 0. The molecule has 0 bridgehead atoms. The van der Waals surface area contributed by atoms with Crippen LogP contribution in [0.2, 0.25) is 0 Å². The number of nitrogen functional groups attached to an aromatic ring is 1. The van der Waals surface area contributed by atoms with Gasteiger partial charge in [0.15, 0.2) is 0 Å². The lowest BCUT2D eigenvalue weighted by Gasteiger charge is -2.12. The highest BCUT2D eigenvalue weighted by molar-refractivity contribution is 5.98. The molecule has 0 unspecified atom stereocenters. The van der Waals surface area contributed by atoms with Crippen molar-refractivity contribution in [2.45, 2.75) is 33.1 Å². The van der Waals surface area contributed by atoms with Crippen molar-refractivity contribution < 1.29 is 4.79 Å². The molecule has 1 aromatic rings. The smallest absolute Gasteiger partial charge is 0.254 e. The number of primary amides is 1. The predicted molar refractivity (Wildman–Crippen MR) is 58.4 cm³/mol. The molecule has 82 valence electrons. The number of aromatic nitrogens is 2. The number of rotatable bonds is 3. The molecule has 0 radical (unpaired) electrons. The van der Waals surface area contributed by atoms with E-state index in [1.807, 2.05) is 20.8 Å². The largest absolute Gasteiger partial charge is 0.383 e. The number of nitrogens with zero attached hydrogens (tertiary/aromatic N) is 2. The van der Waals surface area contributed by atoms with Gasteiger partial charge in [-0.05, 0) is 5.92 Å². The van der Waals surface area contributed by atoms with Gasteiger partial charge in [-0.1, -0.05) is 20.8 Å². The average Bonchev–Trinajstić information content (AvgIpc) is 2.15. The van der Waals surface area contributed by atoms with Crippen LogP contribution in [0.25, 0.3) is 0 Å². The van der Waals surface area contributed by atoms with Crippen molar-refractivity contribution in [2.24, 2.45) is 5.73 Å². The summed E-state index contributed by atoms with van der Waals surface area (Å²) in [7, 11) is 0. The molecular weight excluding hydrogens is 192 g/mol. The van der Waals surface area contributed by atoms with E-state index in [9.17, 15) is 4.79 Å². The highest BCUT2D eigenvalue weighted by Gasteiger charge is 2.18. The Hall–Kier alpha value is -1.65. The summed E-state index contributed by atoms with van der Waals surface area (Å²) >= 11 is 0. The lowest BCUT2D eigenvalue weighted by Crippen LogP contribution is -2.20. The summed E-state index contributed by atoms with van der Waals surface area (Å²) in [5.41, 5.74) is 11.8. The van der Waals surface area contributed by atoms with E-state index in [4.69, 9.17) is 11.5 Å². The maximum Gasteiger partial charge on any atom is 0.254 e. The number of nitrogens with two attached hydrogens (primary N) is 2. The minimum Gasteiger partial charge on any atom is -0.383 e. The van der Waals surface area contributed by atoms with Crippen molar-refractivity contribution in [2.75, 3.05) is 5.73 Å². The van der Waals surface area contributed by atoms with E-state index in [-0.39, 0.29) is 17.3 Å². The lowest BCUT2D eigenvalue weighted by atomic mass is 10.0. The van der Waals surface area contributed by atoms with Gasteiger partial charge in [0.2, 0.25) is 0 Å². The minimum atomic E-state index is -0.571. The standard InChI is InChI=1S/C10H16N4O/c1-4-6-13-8(5(2)3)7(10(12)15)9(11)14-6/h5H,4H2,1-3H3,(H2,12,15)(H2,11,13,14). The van der Waals surface area contributed by atoms with Crippen LogP contribution in [0, 0.1) is 0 Å². The van der Waals surface area contributed by atoms with Crippen molar-refractivity contribution in [3.05, 3.63) is 17.1 Å². The van der Waals surface area contributed by atoms with Crippen LogP contribution in [0.4, 0.5) is 5.82 Å². The molecule has 4 N–H and O–H groups in total.